The Morgan fingerprint density at radius 3 is 2.96 bits per heavy atom. The van der Waals surface area contributed by atoms with E-state index in [4.69, 9.17) is 4.74 Å². The van der Waals surface area contributed by atoms with Gasteiger partial charge >= 0.3 is 0 Å². The number of hydrogen-bond donors (Lipinski definition) is 2. The van der Waals surface area contributed by atoms with Gasteiger partial charge in [-0.3, -0.25) is 9.69 Å². The summed E-state index contributed by atoms with van der Waals surface area (Å²) in [6, 6.07) is 0.164. The monoisotopic (exact) mass is 348 g/mol. The normalized spacial score (nSPS) is 23.6. The molecule has 1 aromatic heterocycles. The topological polar surface area (TPSA) is 87.6 Å². The summed E-state index contributed by atoms with van der Waals surface area (Å²) in [7, 11) is 0. The van der Waals surface area contributed by atoms with E-state index >= 15 is 0 Å². The first-order valence-corrected chi connectivity index (χ1v) is 9.08. The zero-order valence-electron chi connectivity index (χ0n) is 15.1. The number of hydrogen-bond acceptors (Lipinski definition) is 6. The lowest BCUT2D eigenvalue weighted by atomic mass is 9.93. The van der Waals surface area contributed by atoms with E-state index in [1.54, 1.807) is 0 Å². The second-order valence-corrected chi connectivity index (χ2v) is 7.20. The Morgan fingerprint density at radius 1 is 1.48 bits per heavy atom. The highest BCUT2D eigenvalue weighted by atomic mass is 16.5. The SMILES string of the molecule is CC(=O)NCc1cnc(C)nc1[C@@H]1CCCN1CC1(O)CCOCC1. The van der Waals surface area contributed by atoms with Crippen LogP contribution in [0.3, 0.4) is 0 Å². The highest BCUT2D eigenvalue weighted by Gasteiger charge is 2.37. The summed E-state index contributed by atoms with van der Waals surface area (Å²) >= 11 is 0. The van der Waals surface area contributed by atoms with Crippen LogP contribution in [0.2, 0.25) is 0 Å². The zero-order chi connectivity index (χ0) is 17.9. The molecular formula is C18H28N4O3. The van der Waals surface area contributed by atoms with Gasteiger partial charge in [0.2, 0.25) is 5.91 Å². The molecule has 0 saturated carbocycles. The van der Waals surface area contributed by atoms with Crippen LogP contribution in [0.4, 0.5) is 0 Å². The van der Waals surface area contributed by atoms with Gasteiger partial charge in [0.25, 0.3) is 0 Å². The van der Waals surface area contributed by atoms with E-state index in [0.29, 0.717) is 39.1 Å². The number of β-amino-alcohol motifs (C(OH)–C–C–N with tert-alkyl or cyclic N) is 1. The van der Waals surface area contributed by atoms with Crippen LogP contribution in [0.25, 0.3) is 0 Å². The summed E-state index contributed by atoms with van der Waals surface area (Å²) in [6.07, 6.45) is 5.26. The minimum absolute atomic E-state index is 0.0636. The lowest BCUT2D eigenvalue weighted by molar-refractivity contribution is -0.119. The standard InChI is InChI=1S/C18H28N4O3/c1-13-19-10-15(11-20-14(2)23)17(21-13)16-4-3-7-22(16)12-18(24)5-8-25-9-6-18/h10,16,24H,3-9,11-12H2,1-2H3,(H,20,23)/t16-/m0/s1. The van der Waals surface area contributed by atoms with Gasteiger partial charge in [0.05, 0.1) is 17.3 Å². The first kappa shape index (κ1) is 18.2. The van der Waals surface area contributed by atoms with Crippen molar-refractivity contribution in [3.63, 3.8) is 0 Å². The third-order valence-electron chi connectivity index (χ3n) is 5.15. The van der Waals surface area contributed by atoms with Crippen LogP contribution in [0, 0.1) is 6.92 Å². The zero-order valence-corrected chi connectivity index (χ0v) is 15.1. The number of carbonyl (C=O) groups excluding carboxylic acids is 1. The lowest BCUT2D eigenvalue weighted by Gasteiger charge is -2.37. The van der Waals surface area contributed by atoms with E-state index in [-0.39, 0.29) is 11.9 Å². The Labute approximate surface area is 148 Å². The number of amides is 1. The number of aryl methyl sites for hydroxylation is 1. The quantitative estimate of drug-likeness (QED) is 0.828. The molecule has 0 aromatic carbocycles. The fraction of sp³-hybridized carbons (Fsp3) is 0.722. The van der Waals surface area contributed by atoms with Gasteiger partial charge in [0, 0.05) is 57.8 Å². The van der Waals surface area contributed by atoms with Crippen molar-refractivity contribution < 1.29 is 14.6 Å². The minimum Gasteiger partial charge on any atom is -0.388 e. The van der Waals surface area contributed by atoms with Gasteiger partial charge in [-0.05, 0) is 26.3 Å². The number of aliphatic hydroxyl groups is 1. The number of nitrogens with one attached hydrogen (secondary N) is 1. The molecule has 1 atom stereocenters. The number of nitrogens with zero attached hydrogens (tertiary/aromatic N) is 3. The average Bonchev–Trinajstić information content (AvgIpc) is 3.01. The van der Waals surface area contributed by atoms with E-state index < -0.39 is 5.60 Å². The molecule has 2 aliphatic rings. The average molecular weight is 348 g/mol. The molecule has 2 aliphatic heterocycles. The Kier molecular flexibility index (Phi) is 5.66. The molecule has 25 heavy (non-hydrogen) atoms. The highest BCUT2D eigenvalue weighted by Crippen LogP contribution is 2.35. The van der Waals surface area contributed by atoms with Crippen molar-refractivity contribution in [1.29, 1.82) is 0 Å². The molecule has 2 fully saturated rings. The third kappa shape index (κ3) is 4.54. The molecule has 1 amide bonds. The molecular weight excluding hydrogens is 320 g/mol. The minimum atomic E-state index is -0.680. The molecule has 1 aromatic rings. The first-order valence-electron chi connectivity index (χ1n) is 9.08. The Balaban J connectivity index is 1.79. The number of rotatable bonds is 5. The maximum absolute atomic E-state index is 11.3. The number of likely N-dealkylation sites (tertiary alicyclic amines) is 1. The van der Waals surface area contributed by atoms with Crippen molar-refractivity contribution >= 4 is 5.91 Å². The van der Waals surface area contributed by atoms with Gasteiger partial charge in [-0.2, -0.15) is 0 Å². The largest absolute Gasteiger partial charge is 0.388 e. The van der Waals surface area contributed by atoms with Crippen LogP contribution in [0.1, 0.15) is 55.7 Å². The van der Waals surface area contributed by atoms with E-state index in [1.807, 2.05) is 13.1 Å². The van der Waals surface area contributed by atoms with Crippen molar-refractivity contribution in [2.45, 2.75) is 57.7 Å². The molecule has 0 unspecified atom stereocenters. The van der Waals surface area contributed by atoms with Crippen molar-refractivity contribution in [2.75, 3.05) is 26.3 Å². The van der Waals surface area contributed by atoms with Gasteiger partial charge in [-0.1, -0.05) is 0 Å². The molecule has 3 heterocycles. The van der Waals surface area contributed by atoms with Gasteiger partial charge in [0.15, 0.2) is 0 Å². The molecule has 3 rings (SSSR count). The molecule has 7 nitrogen and oxygen atoms in total. The van der Waals surface area contributed by atoms with Crippen molar-refractivity contribution in [1.82, 2.24) is 20.2 Å². The van der Waals surface area contributed by atoms with Crippen LogP contribution in [0.5, 0.6) is 0 Å². The Bertz CT molecular complexity index is 616. The molecule has 138 valence electrons. The smallest absolute Gasteiger partial charge is 0.217 e. The summed E-state index contributed by atoms with van der Waals surface area (Å²) in [6.45, 7) is 6.67. The lowest BCUT2D eigenvalue weighted by Crippen LogP contribution is -2.46. The van der Waals surface area contributed by atoms with Crippen LogP contribution in [-0.4, -0.2) is 57.8 Å². The van der Waals surface area contributed by atoms with Gasteiger partial charge in [-0.15, -0.1) is 0 Å². The molecule has 7 heteroatoms. The maximum Gasteiger partial charge on any atom is 0.217 e. The van der Waals surface area contributed by atoms with E-state index in [9.17, 15) is 9.90 Å². The predicted molar refractivity (Wildman–Crippen MR) is 92.8 cm³/mol. The Morgan fingerprint density at radius 2 is 2.24 bits per heavy atom. The molecule has 0 aliphatic carbocycles. The van der Waals surface area contributed by atoms with Gasteiger partial charge in [-0.25, -0.2) is 9.97 Å². The van der Waals surface area contributed by atoms with Crippen molar-refractivity contribution in [3.05, 3.63) is 23.3 Å². The van der Waals surface area contributed by atoms with Gasteiger partial charge in [0.1, 0.15) is 5.82 Å². The second-order valence-electron chi connectivity index (χ2n) is 7.20. The fourth-order valence-electron chi connectivity index (χ4n) is 3.77. The number of aromatic nitrogens is 2. The second kappa shape index (κ2) is 7.76. The first-order chi connectivity index (χ1) is 12.0. The summed E-state index contributed by atoms with van der Waals surface area (Å²) in [5, 5.41) is 13.7. The molecule has 0 bridgehead atoms. The van der Waals surface area contributed by atoms with Crippen molar-refractivity contribution in [3.8, 4) is 0 Å². The number of carbonyl (C=O) groups is 1. The van der Waals surface area contributed by atoms with Gasteiger partial charge < -0.3 is 15.2 Å². The molecule has 2 saturated heterocycles. The summed E-state index contributed by atoms with van der Waals surface area (Å²) in [5.74, 6) is 0.671. The third-order valence-corrected chi connectivity index (χ3v) is 5.15. The summed E-state index contributed by atoms with van der Waals surface area (Å²) in [5.41, 5.74) is 1.26. The van der Waals surface area contributed by atoms with Crippen LogP contribution in [0.15, 0.2) is 6.20 Å². The van der Waals surface area contributed by atoms with E-state index in [1.165, 1.54) is 6.92 Å². The Hall–Kier alpha value is -1.57. The van der Waals surface area contributed by atoms with Crippen LogP contribution >= 0.6 is 0 Å². The number of ether oxygens (including phenoxy) is 1. The van der Waals surface area contributed by atoms with Crippen molar-refractivity contribution in [2.24, 2.45) is 0 Å². The fourth-order valence-corrected chi connectivity index (χ4v) is 3.77. The molecule has 0 radical (unpaired) electrons. The van der Waals surface area contributed by atoms with Crippen LogP contribution < -0.4 is 5.32 Å². The highest BCUT2D eigenvalue weighted by molar-refractivity contribution is 5.72. The van der Waals surface area contributed by atoms with Crippen LogP contribution in [-0.2, 0) is 16.1 Å². The maximum atomic E-state index is 11.3. The summed E-state index contributed by atoms with van der Waals surface area (Å²) in [4.78, 5) is 22.6. The molecule has 0 spiro atoms. The predicted octanol–water partition coefficient (Wildman–Crippen LogP) is 1.10. The van der Waals surface area contributed by atoms with E-state index in [0.717, 1.165) is 36.5 Å². The summed E-state index contributed by atoms with van der Waals surface area (Å²) < 4.78 is 5.39. The van der Waals surface area contributed by atoms with E-state index in [2.05, 4.69) is 20.2 Å². The molecule has 2 N–H and O–H groups in total.